The average Bonchev–Trinajstić information content (AvgIpc) is 2.44. The second kappa shape index (κ2) is 3.96. The molecule has 5 nitrogen and oxygen atoms in total. The first-order chi connectivity index (χ1) is 7.06. The minimum atomic E-state index is -1.03. The predicted octanol–water partition coefficient (Wildman–Crippen LogP) is 1.22. The Bertz CT molecular complexity index is 389. The number of nitrogens with one attached hydrogen (secondary N) is 1. The summed E-state index contributed by atoms with van der Waals surface area (Å²) in [6.45, 7) is 1.89. The summed E-state index contributed by atoms with van der Waals surface area (Å²) >= 11 is 6.76. The zero-order valence-corrected chi connectivity index (χ0v) is 9.60. The number of hydrogen-bond acceptors (Lipinski definition) is 5. The fraction of sp³-hybridized carbons (Fsp3) is 0.500. The number of carbonyl (C=O) groups is 1. The quantitative estimate of drug-likeness (QED) is 0.841. The van der Waals surface area contributed by atoms with Crippen LogP contribution in [0, 0.1) is 0 Å². The molecule has 82 valence electrons. The van der Waals surface area contributed by atoms with Crippen molar-refractivity contribution in [3.8, 4) is 0 Å². The van der Waals surface area contributed by atoms with Gasteiger partial charge in [-0.25, -0.2) is 9.78 Å². The molecule has 7 heteroatoms. The molecule has 1 aliphatic heterocycles. The maximum Gasteiger partial charge on any atom is 0.349 e. The lowest BCUT2D eigenvalue weighted by molar-refractivity contribution is 0.0702. The summed E-state index contributed by atoms with van der Waals surface area (Å²) in [5.74, 6) is -1.03. The van der Waals surface area contributed by atoms with E-state index in [2.05, 4.69) is 15.2 Å². The molecule has 2 N–H and O–H groups in total. The van der Waals surface area contributed by atoms with Gasteiger partial charge in [-0.1, -0.05) is 22.9 Å². The van der Waals surface area contributed by atoms with Crippen LogP contribution in [0.15, 0.2) is 0 Å². The molecule has 0 aromatic carbocycles. The Balaban J connectivity index is 2.03. The van der Waals surface area contributed by atoms with Gasteiger partial charge >= 0.3 is 5.97 Å². The van der Waals surface area contributed by atoms with E-state index >= 15 is 0 Å². The maximum absolute atomic E-state index is 10.7. The zero-order chi connectivity index (χ0) is 11.0. The molecule has 1 aromatic rings. The highest BCUT2D eigenvalue weighted by molar-refractivity contribution is 7.18. The van der Waals surface area contributed by atoms with Crippen LogP contribution in [-0.2, 0) is 0 Å². The molecule has 15 heavy (non-hydrogen) atoms. The number of likely N-dealkylation sites (tertiary alicyclic amines) is 1. The molecule has 2 heterocycles. The molecule has 1 saturated heterocycles. The summed E-state index contributed by atoms with van der Waals surface area (Å²) in [6, 6.07) is 0.346. The minimum Gasteiger partial charge on any atom is -0.477 e. The number of thiazole rings is 1. The third kappa shape index (κ3) is 2.22. The summed E-state index contributed by atoms with van der Waals surface area (Å²) in [6.07, 6.45) is 0. The third-order valence-corrected chi connectivity index (χ3v) is 3.53. The van der Waals surface area contributed by atoms with Crippen molar-refractivity contribution in [2.75, 3.05) is 25.5 Å². The lowest BCUT2D eigenvalue weighted by Gasteiger charge is -2.36. The van der Waals surface area contributed by atoms with Crippen molar-refractivity contribution in [3.63, 3.8) is 0 Å². The molecule has 0 saturated carbocycles. The number of aromatic nitrogens is 1. The van der Waals surface area contributed by atoms with Crippen LogP contribution in [0.25, 0.3) is 0 Å². The monoisotopic (exact) mass is 247 g/mol. The first kappa shape index (κ1) is 10.7. The summed E-state index contributed by atoms with van der Waals surface area (Å²) in [5, 5.41) is 12.6. The van der Waals surface area contributed by atoms with Crippen molar-refractivity contribution in [1.29, 1.82) is 0 Å². The van der Waals surface area contributed by atoms with Gasteiger partial charge in [-0.05, 0) is 7.05 Å². The van der Waals surface area contributed by atoms with Gasteiger partial charge < -0.3 is 15.3 Å². The van der Waals surface area contributed by atoms with Crippen LogP contribution >= 0.6 is 22.9 Å². The van der Waals surface area contributed by atoms with E-state index in [1.807, 2.05) is 7.05 Å². The minimum absolute atomic E-state index is 0.0580. The third-order valence-electron chi connectivity index (χ3n) is 2.17. The van der Waals surface area contributed by atoms with Crippen molar-refractivity contribution >= 4 is 34.0 Å². The fourth-order valence-corrected chi connectivity index (χ4v) is 2.56. The number of carboxylic acids is 1. The van der Waals surface area contributed by atoms with Crippen molar-refractivity contribution < 1.29 is 9.90 Å². The number of hydrogen-bond donors (Lipinski definition) is 2. The molecular formula is C8H10ClN3O2S. The molecule has 0 amide bonds. The van der Waals surface area contributed by atoms with Gasteiger partial charge in [-0.3, -0.25) is 0 Å². The normalized spacial score (nSPS) is 17.5. The molecule has 0 bridgehead atoms. The van der Waals surface area contributed by atoms with Gasteiger partial charge in [0.1, 0.15) is 0 Å². The van der Waals surface area contributed by atoms with Crippen molar-refractivity contribution in [3.05, 3.63) is 10.0 Å². The van der Waals surface area contributed by atoms with Gasteiger partial charge in [0.15, 0.2) is 15.2 Å². The Morgan fingerprint density at radius 2 is 2.40 bits per heavy atom. The van der Waals surface area contributed by atoms with Crippen molar-refractivity contribution in [2.45, 2.75) is 6.04 Å². The van der Waals surface area contributed by atoms with E-state index < -0.39 is 5.97 Å². The van der Waals surface area contributed by atoms with Crippen LogP contribution in [0.1, 0.15) is 9.67 Å². The van der Waals surface area contributed by atoms with E-state index in [4.69, 9.17) is 16.7 Å². The number of anilines is 1. The van der Waals surface area contributed by atoms with Crippen LogP contribution in [0.5, 0.6) is 0 Å². The molecular weight excluding hydrogens is 238 g/mol. The Morgan fingerprint density at radius 1 is 1.73 bits per heavy atom. The number of aromatic carboxylic acids is 1. The van der Waals surface area contributed by atoms with Crippen LogP contribution in [-0.4, -0.2) is 47.1 Å². The second-order valence-corrected chi connectivity index (χ2v) is 4.86. The lowest BCUT2D eigenvalue weighted by Crippen LogP contribution is -2.52. The van der Waals surface area contributed by atoms with Gasteiger partial charge in [0.25, 0.3) is 0 Å². The van der Waals surface area contributed by atoms with E-state index in [1.54, 1.807) is 0 Å². The molecule has 2 rings (SSSR count). The van der Waals surface area contributed by atoms with Gasteiger partial charge in [0, 0.05) is 13.1 Å². The van der Waals surface area contributed by atoms with Crippen LogP contribution in [0.3, 0.4) is 0 Å². The Hall–Kier alpha value is -0.850. The first-order valence-electron chi connectivity index (χ1n) is 4.41. The Kier molecular flexibility index (Phi) is 2.81. The number of likely N-dealkylation sites (N-methyl/N-ethyl adjacent to an activating group) is 1. The van der Waals surface area contributed by atoms with E-state index in [0.717, 1.165) is 24.4 Å². The second-order valence-electron chi connectivity index (χ2n) is 3.51. The molecule has 0 spiro atoms. The standard InChI is InChI=1S/C8H10ClN3O2S/c1-12-2-4(3-12)10-8-11-6(9)5(15-8)7(13)14/h4H,2-3H2,1H3,(H,10,11)(H,13,14). The van der Waals surface area contributed by atoms with E-state index in [9.17, 15) is 4.79 Å². The predicted molar refractivity (Wildman–Crippen MR) is 59.0 cm³/mol. The first-order valence-corrected chi connectivity index (χ1v) is 5.60. The zero-order valence-electron chi connectivity index (χ0n) is 8.03. The summed E-state index contributed by atoms with van der Waals surface area (Å²) in [4.78, 5) is 16.9. The molecule has 1 fully saturated rings. The Morgan fingerprint density at radius 3 is 2.87 bits per heavy atom. The Labute approximate surface area is 95.7 Å². The molecule has 0 unspecified atom stereocenters. The number of rotatable bonds is 3. The van der Waals surface area contributed by atoms with Gasteiger partial charge in [-0.2, -0.15) is 0 Å². The highest BCUT2D eigenvalue weighted by Gasteiger charge is 2.25. The lowest BCUT2D eigenvalue weighted by atomic mass is 10.1. The summed E-state index contributed by atoms with van der Waals surface area (Å²) in [7, 11) is 2.02. The number of carboxylic acid groups (broad SMARTS) is 1. The highest BCUT2D eigenvalue weighted by Crippen LogP contribution is 2.27. The molecule has 0 aliphatic carbocycles. The van der Waals surface area contributed by atoms with Crippen LogP contribution in [0.2, 0.25) is 5.15 Å². The molecule has 1 aliphatic rings. The number of nitrogens with zero attached hydrogens (tertiary/aromatic N) is 2. The van der Waals surface area contributed by atoms with E-state index in [1.165, 1.54) is 0 Å². The van der Waals surface area contributed by atoms with Gasteiger partial charge in [0.05, 0.1) is 6.04 Å². The van der Waals surface area contributed by atoms with Gasteiger partial charge in [-0.15, -0.1) is 0 Å². The van der Waals surface area contributed by atoms with Crippen molar-refractivity contribution in [2.24, 2.45) is 0 Å². The summed E-state index contributed by atoms with van der Waals surface area (Å²) in [5.41, 5.74) is 0. The smallest absolute Gasteiger partial charge is 0.349 e. The number of halogens is 1. The van der Waals surface area contributed by atoms with E-state index in [0.29, 0.717) is 11.2 Å². The van der Waals surface area contributed by atoms with Crippen LogP contribution in [0.4, 0.5) is 5.13 Å². The van der Waals surface area contributed by atoms with Crippen molar-refractivity contribution in [1.82, 2.24) is 9.88 Å². The summed E-state index contributed by atoms with van der Waals surface area (Å²) < 4.78 is 0. The average molecular weight is 248 g/mol. The SMILES string of the molecule is CN1CC(Nc2nc(Cl)c(C(=O)O)s2)C1. The maximum atomic E-state index is 10.7. The fourth-order valence-electron chi connectivity index (χ4n) is 1.46. The highest BCUT2D eigenvalue weighted by atomic mass is 35.5. The van der Waals surface area contributed by atoms with Gasteiger partial charge in [0.2, 0.25) is 0 Å². The van der Waals surface area contributed by atoms with E-state index in [-0.39, 0.29) is 10.0 Å². The van der Waals surface area contributed by atoms with Crippen LogP contribution < -0.4 is 5.32 Å². The molecule has 0 atom stereocenters. The molecule has 0 radical (unpaired) electrons. The molecule has 1 aromatic heterocycles. The topological polar surface area (TPSA) is 65.5 Å². The largest absolute Gasteiger partial charge is 0.477 e.